The Morgan fingerprint density at radius 1 is 0.714 bits per heavy atom. The van der Waals surface area contributed by atoms with Crippen LogP contribution in [-0.4, -0.2) is 53.2 Å². The second-order valence-electron chi connectivity index (χ2n) is 8.79. The molecule has 0 fully saturated rings. The number of phenolic OH excluding ortho intramolecular Hbond substituents is 3. The zero-order valence-electron chi connectivity index (χ0n) is 28.2. The Balaban J connectivity index is -0.0000000736. The summed E-state index contributed by atoms with van der Waals surface area (Å²) in [5.41, 5.74) is 0. The number of hydrogen-bond donors (Lipinski definition) is 4. The zero-order valence-corrected chi connectivity index (χ0v) is 35.1. The number of aromatic hydroxyl groups is 3. The van der Waals surface area contributed by atoms with Crippen molar-refractivity contribution in [1.29, 1.82) is 1.43 Å². The molecule has 3 aromatic carbocycles. The number of halogens is 5. The van der Waals surface area contributed by atoms with E-state index in [0.717, 1.165) is 35.5 Å². The van der Waals surface area contributed by atoms with Crippen molar-refractivity contribution in [3.8, 4) is 34.5 Å². The molecule has 0 amide bonds. The topological polar surface area (TPSA) is 135 Å². The quantitative estimate of drug-likeness (QED) is 0.0507. The van der Waals surface area contributed by atoms with Crippen LogP contribution in [0.5, 0.6) is 34.5 Å². The number of ether oxygens (including phenoxy) is 3. The summed E-state index contributed by atoms with van der Waals surface area (Å²) in [7, 11) is 4.71. The maximum atomic E-state index is 12.7. The standard InChI is InChI=1S/C10H13FO2.C8H9FO2.C6H5FO2.C4H9Br.CH2F.CH2O3.3CH4.2K/c1-7(2)6-13-10-4-8(11)3-9(12)5-10;1-10-7-3-6(9)4-8(5-7)11-2;7-4-1-5(8)3-6(9)2-4;1-4(2)3-5;1-2;2-1-4-3;;;;;/h3-5,7,12H,6H2,1-2H3;3-5H,1-2H3;1-3,8-9H;4H,3H2,1-2H3;1H2;1,3H;3*1H4;;/q;;;;-1;;;;;2*+1/i/hD. The van der Waals surface area contributed by atoms with E-state index in [-0.39, 0.29) is 155 Å². The fraction of sp³-hybridized carbons (Fsp3) is 0.394. The van der Waals surface area contributed by atoms with Gasteiger partial charge in [-0.15, -0.1) is 0 Å². The maximum Gasteiger partial charge on any atom is 1.00 e. The first-order valence-electron chi connectivity index (χ1n) is 12.9. The molecule has 3 aromatic rings. The average molecular weight is 828 g/mol. The van der Waals surface area contributed by atoms with Gasteiger partial charge in [0, 0.05) is 59.9 Å². The summed E-state index contributed by atoms with van der Waals surface area (Å²) in [5, 5.41) is 30.4. The third-order valence-electron chi connectivity index (χ3n) is 3.97. The van der Waals surface area contributed by atoms with Crippen LogP contribution in [0.15, 0.2) is 54.6 Å². The number of carbonyl (C=O) groups excluding carboxylic acids is 1. The molecule has 0 aliphatic carbocycles. The van der Waals surface area contributed by atoms with E-state index < -0.39 is 11.6 Å². The van der Waals surface area contributed by atoms with Gasteiger partial charge in [-0.25, -0.2) is 18.4 Å². The predicted molar refractivity (Wildman–Crippen MR) is 183 cm³/mol. The van der Waals surface area contributed by atoms with Gasteiger partial charge < -0.3 is 38.8 Å². The van der Waals surface area contributed by atoms with Gasteiger partial charge in [0.05, 0.1) is 20.8 Å². The Kier molecular flexibility index (Phi) is 56.3. The Labute approximate surface area is 385 Å². The summed E-state index contributed by atoms with van der Waals surface area (Å²) in [6, 6.07) is 10.8. The monoisotopic (exact) mass is 826 g/mol. The normalized spacial score (nSPS) is 8.41. The first-order chi connectivity index (χ1) is 21.2. The zero-order chi connectivity index (χ0) is 35.4. The molecule has 3 rings (SSSR count). The van der Waals surface area contributed by atoms with E-state index in [1.165, 1.54) is 38.5 Å². The molecule has 9 nitrogen and oxygen atoms in total. The number of alkyl halides is 1. The molecule has 0 unspecified atom stereocenters. The summed E-state index contributed by atoms with van der Waals surface area (Å²) in [6.07, 6.45) is 0. The third kappa shape index (κ3) is 43.4. The van der Waals surface area contributed by atoms with Gasteiger partial charge in [0.1, 0.15) is 51.9 Å². The third-order valence-corrected chi connectivity index (χ3v) is 5.27. The van der Waals surface area contributed by atoms with Gasteiger partial charge in [-0.2, -0.15) is 7.18 Å². The molecule has 0 heterocycles. The number of methoxy groups -OCH3 is 2. The first-order valence-corrected chi connectivity index (χ1v) is 13.6. The molecule has 4 N–H and O–H groups in total. The van der Waals surface area contributed by atoms with Gasteiger partial charge >= 0.3 is 109 Å². The van der Waals surface area contributed by atoms with E-state index in [4.69, 9.17) is 35.8 Å². The molecule has 274 valence electrons. The van der Waals surface area contributed by atoms with Crippen LogP contribution in [0.2, 0.25) is 0 Å². The summed E-state index contributed by atoms with van der Waals surface area (Å²) in [5.74, 6) is 0.321. The predicted octanol–water partition coefficient (Wildman–Crippen LogP) is 3.98. The van der Waals surface area contributed by atoms with Crippen molar-refractivity contribution in [2.45, 2.75) is 50.0 Å². The van der Waals surface area contributed by atoms with Crippen LogP contribution in [0, 0.1) is 36.5 Å². The Bertz CT molecular complexity index is 1100. The molecule has 16 heteroatoms. The number of benzene rings is 3. The fourth-order valence-electron chi connectivity index (χ4n) is 2.23. The van der Waals surface area contributed by atoms with E-state index in [1.54, 1.807) is 13.2 Å². The Morgan fingerprint density at radius 3 is 1.33 bits per heavy atom. The molecule has 0 bridgehead atoms. The van der Waals surface area contributed by atoms with Crippen molar-refractivity contribution < 1.29 is 165 Å². The molecule has 49 heavy (non-hydrogen) atoms. The fourth-order valence-corrected chi connectivity index (χ4v) is 2.23. The van der Waals surface area contributed by atoms with Gasteiger partial charge in [0.2, 0.25) is 0 Å². The number of phenols is 3. The summed E-state index contributed by atoms with van der Waals surface area (Å²) in [6.45, 7) is 8.89. The van der Waals surface area contributed by atoms with Gasteiger partial charge in [-0.3, -0.25) is 4.79 Å². The summed E-state index contributed by atoms with van der Waals surface area (Å²) >= 11 is 3.31. The average Bonchev–Trinajstić information content (AvgIpc) is 2.97. The second-order valence-corrected chi connectivity index (χ2v) is 9.44. The van der Waals surface area contributed by atoms with E-state index in [9.17, 15) is 17.6 Å². The van der Waals surface area contributed by atoms with Crippen LogP contribution < -0.4 is 117 Å². The van der Waals surface area contributed by atoms with Crippen LogP contribution in [0.25, 0.3) is 1.43 Å². The van der Waals surface area contributed by atoms with Gasteiger partial charge in [-0.05, 0) is 11.8 Å². The summed E-state index contributed by atoms with van der Waals surface area (Å²) in [4.78, 5) is 12.3. The molecular formula is C33H52BrF4K2O9+. The van der Waals surface area contributed by atoms with Crippen molar-refractivity contribution in [3.63, 3.8) is 0 Å². The number of rotatable bonds is 8. The Morgan fingerprint density at radius 2 is 1.06 bits per heavy atom. The molecule has 0 spiro atoms. The van der Waals surface area contributed by atoms with Crippen molar-refractivity contribution in [3.05, 3.63) is 79.2 Å². The minimum absolute atomic E-state index is 0. The largest absolute Gasteiger partial charge is 1.00 e. The molecule has 0 saturated carbocycles. The van der Waals surface area contributed by atoms with Gasteiger partial charge in [0.15, 0.2) is 0 Å². The van der Waals surface area contributed by atoms with Crippen LogP contribution in [-0.2, 0) is 9.68 Å². The molecule has 0 radical (unpaired) electrons. The van der Waals surface area contributed by atoms with Crippen molar-refractivity contribution in [2.24, 2.45) is 11.8 Å². The minimum Gasteiger partial charge on any atom is -0.508 e. The Hall–Kier alpha value is -0.637. The molecule has 0 saturated heterocycles. The number of carbonyl (C=O) groups is 1. The van der Waals surface area contributed by atoms with Crippen LogP contribution in [0.3, 0.4) is 0 Å². The minimum atomic E-state index is -0.646. The van der Waals surface area contributed by atoms with Crippen molar-refractivity contribution >= 4 is 22.4 Å². The van der Waals surface area contributed by atoms with Crippen molar-refractivity contribution in [2.75, 3.05) is 26.2 Å². The molecule has 0 aromatic heterocycles. The van der Waals surface area contributed by atoms with Crippen LogP contribution in [0.4, 0.5) is 17.6 Å². The summed E-state index contributed by atoms with van der Waals surface area (Å²) < 4.78 is 67.2. The smallest absolute Gasteiger partial charge is 0.508 e. The first kappa shape index (κ1) is 63.4. The molecule has 0 atom stereocenters. The van der Waals surface area contributed by atoms with Crippen molar-refractivity contribution in [1.82, 2.24) is 0 Å². The molecular weight excluding hydrogens is 774 g/mol. The van der Waals surface area contributed by atoms with Crippen LogP contribution in [0.1, 0.15) is 50.0 Å². The van der Waals surface area contributed by atoms with E-state index in [1.807, 2.05) is 13.8 Å². The van der Waals surface area contributed by atoms with Crippen LogP contribution >= 0.6 is 15.9 Å². The van der Waals surface area contributed by atoms with Gasteiger partial charge in [0.25, 0.3) is 1.43 Å². The molecule has 0 aliphatic rings. The second kappa shape index (κ2) is 43.5. The van der Waals surface area contributed by atoms with Gasteiger partial charge in [-0.1, -0.05) is 65.9 Å². The molecule has 0 aliphatic heterocycles. The SMILES string of the molecule is C.C.C.CC(C)CBr.CC(C)COc1cc(O)cc(F)c1.COc1cc(F)cc(OC)c1.Oc1cc(O)cc(F)c1.[2H]OOC=O.[CH2-]F.[K+].[K+]. The van der Waals surface area contributed by atoms with E-state index in [2.05, 4.69) is 39.9 Å². The van der Waals surface area contributed by atoms with E-state index in [0.29, 0.717) is 29.8 Å². The maximum absolute atomic E-state index is 12.7. The number of hydrogen-bond acceptors (Lipinski definition) is 9. The van der Waals surface area contributed by atoms with E-state index >= 15 is 0 Å².